The van der Waals surface area contributed by atoms with Crippen molar-refractivity contribution in [3.63, 3.8) is 0 Å². The first-order chi connectivity index (χ1) is 8.16. The van der Waals surface area contributed by atoms with Crippen molar-refractivity contribution in [2.75, 3.05) is 0 Å². The minimum Gasteiger partial charge on any atom is -0.344 e. The van der Waals surface area contributed by atoms with Crippen LogP contribution in [0.5, 0.6) is 0 Å². The Kier molecular flexibility index (Phi) is 2.32. The molecule has 17 heavy (non-hydrogen) atoms. The fraction of sp³-hybridized carbons (Fsp3) is 0.400. The molecular formula is C15H17NO. The summed E-state index contributed by atoms with van der Waals surface area (Å²) in [6.45, 7) is 4.85. The predicted octanol–water partition coefficient (Wildman–Crippen LogP) is 3.04. The van der Waals surface area contributed by atoms with Gasteiger partial charge < -0.3 is 4.57 Å². The van der Waals surface area contributed by atoms with Gasteiger partial charge in [-0.2, -0.15) is 0 Å². The summed E-state index contributed by atoms with van der Waals surface area (Å²) >= 11 is 0. The number of carbonyl (C=O) groups is 1. The molecule has 1 aromatic carbocycles. The third kappa shape index (κ3) is 1.59. The summed E-state index contributed by atoms with van der Waals surface area (Å²) in [5.74, 6) is 0.739. The van der Waals surface area contributed by atoms with Gasteiger partial charge in [0.15, 0.2) is 0 Å². The molecule has 1 unspecified atom stereocenters. The van der Waals surface area contributed by atoms with E-state index in [1.165, 1.54) is 16.6 Å². The molecule has 0 spiro atoms. The van der Waals surface area contributed by atoms with Crippen molar-refractivity contribution in [3.05, 3.63) is 36.0 Å². The highest BCUT2D eigenvalue weighted by molar-refractivity contribution is 5.86. The van der Waals surface area contributed by atoms with Crippen LogP contribution < -0.4 is 0 Å². The van der Waals surface area contributed by atoms with E-state index < -0.39 is 0 Å². The van der Waals surface area contributed by atoms with Gasteiger partial charge in [0.2, 0.25) is 0 Å². The smallest absolute Gasteiger partial charge is 0.140 e. The summed E-state index contributed by atoms with van der Waals surface area (Å²) in [5.41, 5.74) is 2.58. The number of ketones is 1. The first-order valence-electron chi connectivity index (χ1n) is 6.27. The van der Waals surface area contributed by atoms with Crippen LogP contribution in [-0.4, -0.2) is 10.4 Å². The van der Waals surface area contributed by atoms with Crippen LogP contribution >= 0.6 is 0 Å². The number of Topliss-reactive ketones (excluding diaryl/α,β-unsaturated/α-hetero) is 1. The molecule has 0 saturated heterocycles. The van der Waals surface area contributed by atoms with E-state index in [2.05, 4.69) is 34.9 Å². The van der Waals surface area contributed by atoms with Gasteiger partial charge in [0.1, 0.15) is 5.78 Å². The van der Waals surface area contributed by atoms with E-state index in [0.29, 0.717) is 5.78 Å². The van der Waals surface area contributed by atoms with Gasteiger partial charge in [-0.25, -0.2) is 0 Å². The molecule has 1 aliphatic rings. The number of fused-ring (bicyclic) bond motifs is 3. The number of hydrogen-bond donors (Lipinski definition) is 0. The molecule has 1 atom stereocenters. The molecule has 0 bridgehead atoms. The van der Waals surface area contributed by atoms with Crippen molar-refractivity contribution in [2.45, 2.75) is 26.8 Å². The summed E-state index contributed by atoms with van der Waals surface area (Å²) < 4.78 is 2.31. The first kappa shape index (κ1) is 10.6. The lowest BCUT2D eigenvalue weighted by Gasteiger charge is -2.11. The molecule has 0 aliphatic carbocycles. The van der Waals surface area contributed by atoms with Gasteiger partial charge in [-0.15, -0.1) is 0 Å². The Morgan fingerprint density at radius 1 is 1.35 bits per heavy atom. The topological polar surface area (TPSA) is 22.0 Å². The molecule has 1 aromatic heterocycles. The maximum absolute atomic E-state index is 12.0. The van der Waals surface area contributed by atoms with Crippen LogP contribution in [0.2, 0.25) is 0 Å². The van der Waals surface area contributed by atoms with Crippen LogP contribution in [0, 0.1) is 11.8 Å². The Bertz CT molecular complexity index is 580. The largest absolute Gasteiger partial charge is 0.344 e. The minimum absolute atomic E-state index is 0.149. The fourth-order valence-electron chi connectivity index (χ4n) is 2.85. The van der Waals surface area contributed by atoms with Crippen LogP contribution in [-0.2, 0) is 17.8 Å². The van der Waals surface area contributed by atoms with Gasteiger partial charge in [0.25, 0.3) is 0 Å². The second-order valence-corrected chi connectivity index (χ2v) is 5.26. The highest BCUT2D eigenvalue weighted by Gasteiger charge is 2.29. The van der Waals surface area contributed by atoms with E-state index in [1.807, 2.05) is 13.8 Å². The van der Waals surface area contributed by atoms with Gasteiger partial charge >= 0.3 is 0 Å². The third-order valence-corrected chi connectivity index (χ3v) is 3.73. The zero-order chi connectivity index (χ0) is 12.0. The average Bonchev–Trinajstić information content (AvgIpc) is 2.84. The molecule has 2 nitrogen and oxygen atoms in total. The number of para-hydroxylation sites is 1. The summed E-state index contributed by atoms with van der Waals surface area (Å²) in [6, 6.07) is 10.6. The van der Waals surface area contributed by atoms with E-state index in [4.69, 9.17) is 0 Å². The van der Waals surface area contributed by atoms with Gasteiger partial charge in [-0.05, 0) is 23.9 Å². The summed E-state index contributed by atoms with van der Waals surface area (Å²) in [5, 5.41) is 1.29. The molecule has 2 heteroatoms. The molecule has 0 radical (unpaired) electrons. The lowest BCUT2D eigenvalue weighted by atomic mass is 9.93. The van der Waals surface area contributed by atoms with Crippen molar-refractivity contribution in [3.8, 4) is 0 Å². The second kappa shape index (κ2) is 3.73. The summed E-state index contributed by atoms with van der Waals surface area (Å²) in [4.78, 5) is 12.0. The van der Waals surface area contributed by atoms with E-state index in [1.54, 1.807) is 0 Å². The standard InChI is InChI=1S/C15H17NO/c1-10(2)15(17)12-8-13-7-11-5-3-4-6-14(11)16(13)9-12/h3-7,10,12H,8-9H2,1-2H3. The monoisotopic (exact) mass is 227 g/mol. The highest BCUT2D eigenvalue weighted by atomic mass is 16.1. The second-order valence-electron chi connectivity index (χ2n) is 5.26. The molecule has 0 N–H and O–H groups in total. The molecule has 88 valence electrons. The predicted molar refractivity (Wildman–Crippen MR) is 69.0 cm³/mol. The maximum atomic E-state index is 12.0. The normalized spacial score (nSPS) is 18.9. The number of aromatic nitrogens is 1. The quantitative estimate of drug-likeness (QED) is 0.773. The number of benzene rings is 1. The van der Waals surface area contributed by atoms with Crippen molar-refractivity contribution >= 4 is 16.7 Å². The summed E-state index contributed by atoms with van der Waals surface area (Å²) in [6.07, 6.45) is 0.908. The van der Waals surface area contributed by atoms with E-state index in [0.717, 1.165) is 13.0 Å². The van der Waals surface area contributed by atoms with E-state index in [-0.39, 0.29) is 11.8 Å². The Hall–Kier alpha value is -1.57. The lowest BCUT2D eigenvalue weighted by molar-refractivity contribution is -0.125. The van der Waals surface area contributed by atoms with Gasteiger partial charge in [-0.3, -0.25) is 4.79 Å². The van der Waals surface area contributed by atoms with Gasteiger partial charge in [0.05, 0.1) is 0 Å². The van der Waals surface area contributed by atoms with Crippen molar-refractivity contribution < 1.29 is 4.79 Å². The Morgan fingerprint density at radius 3 is 2.88 bits per heavy atom. The van der Waals surface area contributed by atoms with E-state index in [9.17, 15) is 4.79 Å². The molecule has 2 heterocycles. The molecule has 2 aromatic rings. The zero-order valence-electron chi connectivity index (χ0n) is 10.3. The summed E-state index contributed by atoms with van der Waals surface area (Å²) in [7, 11) is 0. The highest BCUT2D eigenvalue weighted by Crippen LogP contribution is 2.30. The SMILES string of the molecule is CC(C)C(=O)C1Cc2cc3ccccc3n2C1. The first-order valence-corrected chi connectivity index (χ1v) is 6.27. The van der Waals surface area contributed by atoms with Crippen LogP contribution in [0.1, 0.15) is 19.5 Å². The van der Waals surface area contributed by atoms with Crippen LogP contribution in [0.4, 0.5) is 0 Å². The number of carbonyl (C=O) groups excluding carboxylic acids is 1. The number of rotatable bonds is 2. The van der Waals surface area contributed by atoms with Gasteiger partial charge in [0, 0.05) is 29.6 Å². The molecule has 0 fully saturated rings. The fourth-order valence-corrected chi connectivity index (χ4v) is 2.85. The zero-order valence-corrected chi connectivity index (χ0v) is 10.3. The van der Waals surface area contributed by atoms with Gasteiger partial charge in [-0.1, -0.05) is 32.0 Å². The van der Waals surface area contributed by atoms with Crippen molar-refractivity contribution in [2.24, 2.45) is 11.8 Å². The number of nitrogens with zero attached hydrogens (tertiary/aromatic N) is 1. The Labute approximate surface area is 101 Å². The molecule has 1 aliphatic heterocycles. The van der Waals surface area contributed by atoms with Crippen LogP contribution in [0.3, 0.4) is 0 Å². The lowest BCUT2D eigenvalue weighted by Crippen LogP contribution is -2.21. The van der Waals surface area contributed by atoms with Crippen LogP contribution in [0.15, 0.2) is 30.3 Å². The van der Waals surface area contributed by atoms with Crippen molar-refractivity contribution in [1.82, 2.24) is 4.57 Å². The maximum Gasteiger partial charge on any atom is 0.140 e. The molecule has 0 amide bonds. The number of hydrogen-bond acceptors (Lipinski definition) is 1. The Morgan fingerprint density at radius 2 is 2.12 bits per heavy atom. The molecular weight excluding hydrogens is 210 g/mol. The average molecular weight is 227 g/mol. The van der Waals surface area contributed by atoms with Crippen molar-refractivity contribution in [1.29, 1.82) is 0 Å². The molecule has 3 rings (SSSR count). The van der Waals surface area contributed by atoms with Crippen LogP contribution in [0.25, 0.3) is 10.9 Å². The van der Waals surface area contributed by atoms with E-state index >= 15 is 0 Å². The third-order valence-electron chi connectivity index (χ3n) is 3.73. The molecule has 0 saturated carbocycles. The Balaban J connectivity index is 1.97. The minimum atomic E-state index is 0.149.